The van der Waals surface area contributed by atoms with Crippen LogP contribution in [0.2, 0.25) is 5.02 Å². The fourth-order valence-corrected chi connectivity index (χ4v) is 1.55. The number of hydrogen-bond acceptors (Lipinski definition) is 1. The zero-order chi connectivity index (χ0) is 10.7. The molecule has 0 unspecified atom stereocenters. The number of rotatable bonds is 2. The van der Waals surface area contributed by atoms with Crippen molar-refractivity contribution in [2.24, 2.45) is 5.73 Å². The van der Waals surface area contributed by atoms with Gasteiger partial charge in [-0.3, -0.25) is 0 Å². The lowest BCUT2D eigenvalue weighted by atomic mass is 10.0. The van der Waals surface area contributed by atoms with Crippen molar-refractivity contribution in [3.05, 3.63) is 28.8 Å². The van der Waals surface area contributed by atoms with E-state index in [1.54, 1.807) is 0 Å². The summed E-state index contributed by atoms with van der Waals surface area (Å²) in [6.45, 7) is 4.21. The second-order valence-corrected chi connectivity index (χ2v) is 4.25. The van der Waals surface area contributed by atoms with Crippen molar-refractivity contribution in [1.82, 2.24) is 0 Å². The minimum Gasteiger partial charge on any atom is -0.376 e. The molecular weight excluding hydrogens is 216 g/mol. The number of benzene rings is 1. The van der Waals surface area contributed by atoms with Gasteiger partial charge in [0.05, 0.1) is 0 Å². The summed E-state index contributed by atoms with van der Waals surface area (Å²) in [5.74, 6) is 0.407. The van der Waals surface area contributed by atoms with E-state index in [2.05, 4.69) is 19.2 Å². The van der Waals surface area contributed by atoms with E-state index in [0.717, 1.165) is 11.3 Å². The van der Waals surface area contributed by atoms with Crippen LogP contribution in [-0.2, 0) is 0 Å². The summed E-state index contributed by atoms with van der Waals surface area (Å²) in [4.78, 5) is 0. The lowest BCUT2D eigenvalue weighted by molar-refractivity contribution is 0.869. The summed E-state index contributed by atoms with van der Waals surface area (Å²) in [7, 11) is 0. The van der Waals surface area contributed by atoms with Gasteiger partial charge >= 0.3 is 0 Å². The van der Waals surface area contributed by atoms with Crippen LogP contribution in [0.25, 0.3) is 0 Å². The number of hydrogen-bond donors (Lipinski definition) is 2. The fraction of sp³-hybridized carbons (Fsp3) is 0.300. The second-order valence-electron chi connectivity index (χ2n) is 3.38. The van der Waals surface area contributed by atoms with E-state index in [9.17, 15) is 0 Å². The van der Waals surface area contributed by atoms with Gasteiger partial charge in [-0.1, -0.05) is 31.5 Å². The van der Waals surface area contributed by atoms with E-state index >= 15 is 0 Å². The molecule has 0 saturated carbocycles. The van der Waals surface area contributed by atoms with Gasteiger partial charge in [-0.05, 0) is 35.8 Å². The Labute approximate surface area is 94.4 Å². The van der Waals surface area contributed by atoms with E-state index in [4.69, 9.17) is 29.6 Å². The Balaban J connectivity index is 3.09. The van der Waals surface area contributed by atoms with Crippen molar-refractivity contribution in [3.8, 4) is 0 Å². The van der Waals surface area contributed by atoms with Crippen LogP contribution in [0.4, 0.5) is 5.69 Å². The smallest absolute Gasteiger partial charge is 0.168 e. The maximum atomic E-state index is 5.88. The van der Waals surface area contributed by atoms with Crippen LogP contribution in [-0.4, -0.2) is 5.11 Å². The van der Waals surface area contributed by atoms with Crippen LogP contribution < -0.4 is 11.1 Å². The zero-order valence-electron chi connectivity index (χ0n) is 8.17. The maximum Gasteiger partial charge on any atom is 0.168 e. The van der Waals surface area contributed by atoms with Gasteiger partial charge in [0, 0.05) is 10.7 Å². The van der Waals surface area contributed by atoms with Gasteiger partial charge in [-0.2, -0.15) is 0 Å². The summed E-state index contributed by atoms with van der Waals surface area (Å²) in [6.07, 6.45) is 0. The van der Waals surface area contributed by atoms with E-state index in [1.807, 2.05) is 18.2 Å². The first kappa shape index (κ1) is 11.3. The Morgan fingerprint density at radius 3 is 2.64 bits per heavy atom. The lowest BCUT2D eigenvalue weighted by Gasteiger charge is -2.13. The van der Waals surface area contributed by atoms with Crippen LogP contribution in [0.1, 0.15) is 25.3 Å². The molecule has 0 amide bonds. The summed E-state index contributed by atoms with van der Waals surface area (Å²) >= 11 is 10.7. The molecule has 0 radical (unpaired) electrons. The monoisotopic (exact) mass is 228 g/mol. The Kier molecular flexibility index (Phi) is 3.72. The van der Waals surface area contributed by atoms with Crippen LogP contribution in [0.3, 0.4) is 0 Å². The first-order valence-corrected chi connectivity index (χ1v) is 5.15. The van der Waals surface area contributed by atoms with Crippen molar-refractivity contribution in [2.45, 2.75) is 19.8 Å². The van der Waals surface area contributed by atoms with Crippen LogP contribution in [0.15, 0.2) is 18.2 Å². The minimum atomic E-state index is 0.258. The topological polar surface area (TPSA) is 38.0 Å². The molecule has 14 heavy (non-hydrogen) atoms. The zero-order valence-corrected chi connectivity index (χ0v) is 9.75. The number of halogens is 1. The molecule has 1 aromatic rings. The average Bonchev–Trinajstić information content (AvgIpc) is 2.01. The van der Waals surface area contributed by atoms with E-state index in [-0.39, 0.29) is 5.11 Å². The van der Waals surface area contributed by atoms with Gasteiger partial charge in [0.15, 0.2) is 5.11 Å². The van der Waals surface area contributed by atoms with Crippen molar-refractivity contribution in [2.75, 3.05) is 5.32 Å². The van der Waals surface area contributed by atoms with Crippen molar-refractivity contribution in [1.29, 1.82) is 0 Å². The Bertz CT molecular complexity index is 350. The summed E-state index contributed by atoms with van der Waals surface area (Å²) in [6, 6.07) is 5.67. The number of anilines is 1. The molecule has 0 aliphatic rings. The first-order valence-electron chi connectivity index (χ1n) is 4.36. The SMILES string of the molecule is CC(C)c1ccc(Cl)cc1NC(N)=S. The predicted molar refractivity (Wildman–Crippen MR) is 65.9 cm³/mol. The maximum absolute atomic E-state index is 5.88. The molecule has 0 saturated heterocycles. The van der Waals surface area contributed by atoms with Crippen molar-refractivity contribution >= 4 is 34.6 Å². The Morgan fingerprint density at radius 1 is 1.50 bits per heavy atom. The molecule has 1 rings (SSSR count). The molecule has 0 heterocycles. The number of nitrogens with two attached hydrogens (primary N) is 1. The van der Waals surface area contributed by atoms with Gasteiger partial charge in [-0.15, -0.1) is 0 Å². The quantitative estimate of drug-likeness (QED) is 0.764. The molecule has 76 valence electrons. The van der Waals surface area contributed by atoms with Crippen molar-refractivity contribution < 1.29 is 0 Å². The largest absolute Gasteiger partial charge is 0.376 e. The highest BCUT2D eigenvalue weighted by molar-refractivity contribution is 7.80. The molecule has 3 N–H and O–H groups in total. The molecule has 0 fully saturated rings. The second kappa shape index (κ2) is 4.62. The molecule has 0 bridgehead atoms. The molecule has 2 nitrogen and oxygen atoms in total. The van der Waals surface area contributed by atoms with Gasteiger partial charge in [0.2, 0.25) is 0 Å². The molecule has 0 atom stereocenters. The Hall–Kier alpha value is -0.800. The standard InChI is InChI=1S/C10H13ClN2S/c1-6(2)8-4-3-7(11)5-9(8)13-10(12)14/h3-6H,1-2H3,(H3,12,13,14). The van der Waals surface area contributed by atoms with Crippen LogP contribution in [0.5, 0.6) is 0 Å². The summed E-state index contributed by atoms with van der Waals surface area (Å²) < 4.78 is 0. The van der Waals surface area contributed by atoms with Crippen LogP contribution in [0, 0.1) is 0 Å². The highest BCUT2D eigenvalue weighted by Crippen LogP contribution is 2.27. The lowest BCUT2D eigenvalue weighted by Crippen LogP contribution is -2.20. The normalized spacial score (nSPS) is 10.3. The predicted octanol–water partition coefficient (Wildman–Crippen LogP) is 3.12. The van der Waals surface area contributed by atoms with Gasteiger partial charge < -0.3 is 11.1 Å². The van der Waals surface area contributed by atoms with E-state index < -0.39 is 0 Å². The molecule has 0 aliphatic heterocycles. The third-order valence-electron chi connectivity index (χ3n) is 1.90. The average molecular weight is 229 g/mol. The highest BCUT2D eigenvalue weighted by atomic mass is 35.5. The molecule has 0 aliphatic carbocycles. The van der Waals surface area contributed by atoms with E-state index in [0.29, 0.717) is 10.9 Å². The van der Waals surface area contributed by atoms with Gasteiger partial charge in [0.25, 0.3) is 0 Å². The molecule has 4 heteroatoms. The molecule has 0 aromatic heterocycles. The minimum absolute atomic E-state index is 0.258. The van der Waals surface area contributed by atoms with Gasteiger partial charge in [0.1, 0.15) is 0 Å². The third kappa shape index (κ3) is 2.86. The summed E-state index contributed by atoms with van der Waals surface area (Å²) in [5.41, 5.74) is 7.46. The molecular formula is C10H13ClN2S. The summed E-state index contributed by atoms with van der Waals surface area (Å²) in [5, 5.41) is 3.85. The fourth-order valence-electron chi connectivity index (χ4n) is 1.27. The Morgan fingerprint density at radius 2 is 2.14 bits per heavy atom. The molecule has 0 spiro atoms. The molecule has 1 aromatic carbocycles. The number of nitrogens with one attached hydrogen (secondary N) is 1. The number of thiocarbonyl (C=S) groups is 1. The van der Waals surface area contributed by atoms with E-state index in [1.165, 1.54) is 0 Å². The van der Waals surface area contributed by atoms with Crippen molar-refractivity contribution in [3.63, 3.8) is 0 Å². The highest BCUT2D eigenvalue weighted by Gasteiger charge is 2.07. The van der Waals surface area contributed by atoms with Crippen LogP contribution >= 0.6 is 23.8 Å². The third-order valence-corrected chi connectivity index (χ3v) is 2.23. The first-order chi connectivity index (χ1) is 6.50. The van der Waals surface area contributed by atoms with Gasteiger partial charge in [-0.25, -0.2) is 0 Å².